The van der Waals surface area contributed by atoms with Gasteiger partial charge in [0, 0.05) is 13.1 Å². The van der Waals surface area contributed by atoms with Crippen molar-refractivity contribution in [2.24, 2.45) is 5.92 Å². The summed E-state index contributed by atoms with van der Waals surface area (Å²) in [6, 6.07) is 6.11. The Morgan fingerprint density at radius 1 is 1.37 bits per heavy atom. The molecule has 3 nitrogen and oxygen atoms in total. The van der Waals surface area contributed by atoms with E-state index in [0.717, 1.165) is 0 Å². The highest BCUT2D eigenvalue weighted by Gasteiger charge is 2.69. The van der Waals surface area contributed by atoms with Gasteiger partial charge in [-0.15, -0.1) is 0 Å². The van der Waals surface area contributed by atoms with Crippen LogP contribution >= 0.6 is 0 Å². The highest BCUT2D eigenvalue weighted by Crippen LogP contribution is 2.49. The SMILES string of the molecule is CN1C[C@H]2C(=O)c3ccccc3O[C@@]2(C(F)(F)F)C1. The number of alkyl halides is 3. The molecule has 2 aliphatic rings. The quantitative estimate of drug-likeness (QED) is 0.724. The number of carbonyl (C=O) groups is 1. The molecule has 0 amide bonds. The summed E-state index contributed by atoms with van der Waals surface area (Å²) in [6.45, 7) is -0.256. The van der Waals surface area contributed by atoms with Crippen molar-refractivity contribution in [1.29, 1.82) is 0 Å². The fraction of sp³-hybridized carbons (Fsp3) is 0.462. The molecule has 102 valence electrons. The van der Waals surface area contributed by atoms with E-state index in [1.807, 2.05) is 0 Å². The van der Waals surface area contributed by atoms with E-state index in [0.29, 0.717) is 0 Å². The van der Waals surface area contributed by atoms with Gasteiger partial charge in [-0.25, -0.2) is 0 Å². The zero-order chi connectivity index (χ0) is 13.8. The van der Waals surface area contributed by atoms with Gasteiger partial charge in [0.05, 0.1) is 11.5 Å². The second-order valence-electron chi connectivity index (χ2n) is 5.10. The molecule has 0 saturated carbocycles. The lowest BCUT2D eigenvalue weighted by Crippen LogP contribution is -2.60. The van der Waals surface area contributed by atoms with Gasteiger partial charge in [-0.05, 0) is 19.2 Å². The molecule has 2 aliphatic heterocycles. The van der Waals surface area contributed by atoms with Gasteiger partial charge in [0.1, 0.15) is 5.75 Å². The van der Waals surface area contributed by atoms with Crippen LogP contribution in [0.4, 0.5) is 13.2 Å². The first-order chi connectivity index (χ1) is 8.85. The maximum Gasteiger partial charge on any atom is 0.430 e. The number of rotatable bonds is 0. The molecule has 1 saturated heterocycles. The maximum atomic E-state index is 13.4. The summed E-state index contributed by atoms with van der Waals surface area (Å²) in [5, 5.41) is 0. The fourth-order valence-electron chi connectivity index (χ4n) is 2.92. The maximum absolute atomic E-state index is 13.4. The third-order valence-electron chi connectivity index (χ3n) is 3.80. The Bertz CT molecular complexity index is 543. The monoisotopic (exact) mass is 271 g/mol. The number of fused-ring (bicyclic) bond motifs is 2. The van der Waals surface area contributed by atoms with E-state index < -0.39 is 23.5 Å². The van der Waals surface area contributed by atoms with Crippen LogP contribution in [-0.2, 0) is 0 Å². The third-order valence-corrected chi connectivity index (χ3v) is 3.80. The second kappa shape index (κ2) is 3.72. The Labute approximate surface area is 108 Å². The van der Waals surface area contributed by atoms with Crippen LogP contribution in [0.3, 0.4) is 0 Å². The average Bonchev–Trinajstić information content (AvgIpc) is 2.67. The van der Waals surface area contributed by atoms with Crippen molar-refractivity contribution in [3.8, 4) is 5.75 Å². The number of nitrogens with zero attached hydrogens (tertiary/aromatic N) is 1. The predicted molar refractivity (Wildman–Crippen MR) is 61.2 cm³/mol. The summed E-state index contributed by atoms with van der Waals surface area (Å²) in [7, 11) is 1.56. The topological polar surface area (TPSA) is 29.5 Å². The number of likely N-dealkylation sites (N-methyl/N-ethyl adjacent to an activating group) is 1. The van der Waals surface area contributed by atoms with Crippen LogP contribution in [0.25, 0.3) is 0 Å². The number of ketones is 1. The van der Waals surface area contributed by atoms with E-state index in [-0.39, 0.29) is 24.4 Å². The number of ether oxygens (including phenoxy) is 1. The standard InChI is InChI=1S/C13H12F3NO2/c1-17-6-9-11(18)8-4-2-3-5-10(8)19-12(9,7-17)13(14,15)16/h2-5,9H,6-7H2,1H3/t9-,12-/m0/s1. The van der Waals surface area contributed by atoms with E-state index in [4.69, 9.17) is 4.74 Å². The van der Waals surface area contributed by atoms with Crippen molar-refractivity contribution in [3.05, 3.63) is 29.8 Å². The van der Waals surface area contributed by atoms with E-state index in [9.17, 15) is 18.0 Å². The summed E-state index contributed by atoms with van der Waals surface area (Å²) in [5.74, 6) is -1.65. The number of halogens is 3. The molecule has 0 N–H and O–H groups in total. The fourth-order valence-corrected chi connectivity index (χ4v) is 2.92. The molecular weight excluding hydrogens is 259 g/mol. The molecule has 0 radical (unpaired) electrons. The number of para-hydroxylation sites is 1. The first-order valence-electron chi connectivity index (χ1n) is 5.93. The van der Waals surface area contributed by atoms with E-state index in [1.165, 1.54) is 17.0 Å². The number of likely N-dealkylation sites (tertiary alicyclic amines) is 1. The zero-order valence-electron chi connectivity index (χ0n) is 10.2. The van der Waals surface area contributed by atoms with Crippen LogP contribution in [0.5, 0.6) is 5.75 Å². The zero-order valence-corrected chi connectivity index (χ0v) is 10.2. The molecule has 1 aromatic rings. The van der Waals surface area contributed by atoms with Crippen molar-refractivity contribution >= 4 is 5.78 Å². The Kier molecular flexibility index (Phi) is 2.44. The molecule has 0 unspecified atom stereocenters. The third kappa shape index (κ3) is 1.59. The lowest BCUT2D eigenvalue weighted by atomic mass is 9.81. The highest BCUT2D eigenvalue weighted by molar-refractivity contribution is 6.02. The van der Waals surface area contributed by atoms with Crippen molar-refractivity contribution < 1.29 is 22.7 Å². The average molecular weight is 271 g/mol. The second-order valence-corrected chi connectivity index (χ2v) is 5.10. The Balaban J connectivity index is 2.16. The Morgan fingerprint density at radius 3 is 2.74 bits per heavy atom. The van der Waals surface area contributed by atoms with Crippen molar-refractivity contribution in [2.45, 2.75) is 11.8 Å². The van der Waals surface area contributed by atoms with E-state index in [2.05, 4.69) is 0 Å². The van der Waals surface area contributed by atoms with Gasteiger partial charge in [0.15, 0.2) is 5.78 Å². The number of carbonyl (C=O) groups excluding carboxylic acids is 1. The number of Topliss-reactive ketones (excluding diaryl/α,β-unsaturated/α-hetero) is 1. The highest BCUT2D eigenvalue weighted by atomic mass is 19.4. The largest absolute Gasteiger partial charge is 0.475 e. The van der Waals surface area contributed by atoms with Crippen molar-refractivity contribution in [2.75, 3.05) is 20.1 Å². The van der Waals surface area contributed by atoms with Gasteiger partial charge in [-0.3, -0.25) is 4.79 Å². The van der Waals surface area contributed by atoms with Crippen LogP contribution < -0.4 is 4.74 Å². The molecule has 0 aromatic heterocycles. The number of hydrogen-bond acceptors (Lipinski definition) is 3. The molecule has 2 heterocycles. The summed E-state index contributed by atoms with van der Waals surface area (Å²) >= 11 is 0. The molecule has 1 aromatic carbocycles. The van der Waals surface area contributed by atoms with E-state index >= 15 is 0 Å². The predicted octanol–water partition coefficient (Wildman–Crippen LogP) is 2.12. The molecule has 6 heteroatoms. The van der Waals surface area contributed by atoms with Gasteiger partial charge in [0.2, 0.25) is 5.60 Å². The Morgan fingerprint density at radius 2 is 2.05 bits per heavy atom. The van der Waals surface area contributed by atoms with Crippen LogP contribution in [0.1, 0.15) is 10.4 Å². The van der Waals surface area contributed by atoms with Gasteiger partial charge < -0.3 is 9.64 Å². The van der Waals surface area contributed by atoms with Gasteiger partial charge in [-0.2, -0.15) is 13.2 Å². The molecule has 19 heavy (non-hydrogen) atoms. The van der Waals surface area contributed by atoms with Gasteiger partial charge >= 0.3 is 6.18 Å². The number of benzene rings is 1. The first kappa shape index (κ1) is 12.5. The summed E-state index contributed by atoms with van der Waals surface area (Å²) in [5.41, 5.74) is -2.17. The molecule has 2 atom stereocenters. The molecule has 0 aliphatic carbocycles. The molecule has 0 spiro atoms. The van der Waals surface area contributed by atoms with Crippen LogP contribution in [0.15, 0.2) is 24.3 Å². The summed E-state index contributed by atoms with van der Waals surface area (Å²) in [4.78, 5) is 13.8. The molecule has 3 rings (SSSR count). The van der Waals surface area contributed by atoms with E-state index in [1.54, 1.807) is 19.2 Å². The van der Waals surface area contributed by atoms with Gasteiger partial charge in [-0.1, -0.05) is 12.1 Å². The smallest absolute Gasteiger partial charge is 0.430 e. The summed E-state index contributed by atoms with van der Waals surface area (Å²) in [6.07, 6.45) is -4.58. The van der Waals surface area contributed by atoms with Crippen molar-refractivity contribution in [1.82, 2.24) is 4.90 Å². The molecule has 0 bridgehead atoms. The first-order valence-corrected chi connectivity index (χ1v) is 5.93. The van der Waals surface area contributed by atoms with Crippen LogP contribution in [0, 0.1) is 5.92 Å². The lowest BCUT2D eigenvalue weighted by Gasteiger charge is -2.39. The minimum absolute atomic E-state index is 0.0244. The normalized spacial score (nSPS) is 30.7. The minimum Gasteiger partial charge on any atom is -0.475 e. The minimum atomic E-state index is -4.58. The van der Waals surface area contributed by atoms with Crippen LogP contribution in [0.2, 0.25) is 0 Å². The van der Waals surface area contributed by atoms with Crippen LogP contribution in [-0.4, -0.2) is 42.6 Å². The van der Waals surface area contributed by atoms with Gasteiger partial charge in [0.25, 0.3) is 0 Å². The summed E-state index contributed by atoms with van der Waals surface area (Å²) < 4.78 is 45.5. The molecular formula is C13H12F3NO2. The Hall–Kier alpha value is -1.56. The molecule has 1 fully saturated rings. The number of hydrogen-bond donors (Lipinski definition) is 0. The van der Waals surface area contributed by atoms with Crippen molar-refractivity contribution in [3.63, 3.8) is 0 Å². The lowest BCUT2D eigenvalue weighted by molar-refractivity contribution is -0.253.